The zero-order valence-electron chi connectivity index (χ0n) is 72.2. The van der Waals surface area contributed by atoms with Crippen molar-refractivity contribution in [1.82, 2.24) is 30.1 Å². The number of aliphatic hydroxyl groups is 4. The van der Waals surface area contributed by atoms with Gasteiger partial charge in [0.15, 0.2) is 24.1 Å². The number of halogens is 6. The Hall–Kier alpha value is -7.46. The van der Waals surface area contributed by atoms with Crippen LogP contribution in [0.1, 0.15) is 130 Å². The summed E-state index contributed by atoms with van der Waals surface area (Å²) >= 11 is 38.7. The van der Waals surface area contributed by atoms with Gasteiger partial charge in [-0.05, 0) is 163 Å². The molecule has 7 unspecified atom stereocenters. The zero-order chi connectivity index (χ0) is 92.0. The molecule has 6 aromatic carbocycles. The summed E-state index contributed by atoms with van der Waals surface area (Å²) in [5.41, 5.74) is 19.8. The number of carbonyl (C=O) groups is 8. The molecule has 5 aliphatic heterocycles. The Kier molecular flexibility index (Phi) is 44.9. The van der Waals surface area contributed by atoms with Crippen LogP contribution in [-0.2, 0) is 123 Å². The van der Waals surface area contributed by atoms with Gasteiger partial charge in [0.25, 0.3) is 29.5 Å². The molecule has 0 aliphatic carbocycles. The Morgan fingerprint density at radius 2 is 0.742 bits per heavy atom. The number of anilines is 1. The number of hydrogen-bond acceptors (Lipinski definition) is 28. The van der Waals surface area contributed by atoms with Gasteiger partial charge in [0.2, 0.25) is 0 Å². The van der Waals surface area contributed by atoms with Crippen LogP contribution in [0.15, 0.2) is 109 Å². The molecule has 700 valence electrons. The molecular weight excluding hydrogens is 1790 g/mol. The summed E-state index contributed by atoms with van der Waals surface area (Å²) in [6, 6.07) is 37.6. The second-order valence-corrected chi connectivity index (χ2v) is 33.8. The second kappa shape index (κ2) is 55.1. The number of carbonyl (C=O) groups excluding carboxylic acids is 8. The van der Waals surface area contributed by atoms with Crippen molar-refractivity contribution in [1.29, 1.82) is 0 Å². The highest BCUT2D eigenvalue weighted by molar-refractivity contribution is 6.36. The third-order valence-electron chi connectivity index (χ3n) is 21.4. The van der Waals surface area contributed by atoms with E-state index >= 15 is 0 Å². The molecule has 2 fully saturated rings. The number of fused-ring (bicyclic) bond motifs is 3. The van der Waals surface area contributed by atoms with Gasteiger partial charge in [-0.2, -0.15) is 0 Å². The predicted molar refractivity (Wildman–Crippen MR) is 480 cm³/mol. The summed E-state index contributed by atoms with van der Waals surface area (Å²) < 4.78 is 50.1. The van der Waals surface area contributed by atoms with Crippen LogP contribution in [0.5, 0.6) is 0 Å². The monoisotopic (exact) mass is 1900 g/mol. The fourth-order valence-corrected chi connectivity index (χ4v) is 16.7. The van der Waals surface area contributed by atoms with Gasteiger partial charge in [-0.3, -0.25) is 28.8 Å². The van der Waals surface area contributed by atoms with E-state index in [1.54, 1.807) is 0 Å². The Morgan fingerprint density at radius 3 is 1.12 bits per heavy atom. The summed E-state index contributed by atoms with van der Waals surface area (Å²) in [7, 11) is 6.35. The van der Waals surface area contributed by atoms with E-state index < -0.39 is 71.7 Å². The Bertz CT molecular complexity index is 4380. The number of ketones is 1. The lowest BCUT2D eigenvalue weighted by Gasteiger charge is -2.33. The maximum absolute atomic E-state index is 12.4. The zero-order valence-corrected chi connectivity index (χ0v) is 76.8. The number of hydrogen-bond donors (Lipinski definition) is 7. The van der Waals surface area contributed by atoms with Gasteiger partial charge in [0.05, 0.1) is 99.1 Å². The van der Waals surface area contributed by atoms with Gasteiger partial charge in [-0.1, -0.05) is 130 Å². The molecule has 0 saturated carbocycles. The molecule has 5 aliphatic rings. The number of Topliss-reactive ketones (excluding diaryl/α,β-unsaturated/α-hetero) is 1. The van der Waals surface area contributed by atoms with Crippen molar-refractivity contribution in [3.8, 4) is 0 Å². The minimum absolute atomic E-state index is 0.0538. The lowest BCUT2D eigenvalue weighted by molar-refractivity contribution is -0.216. The number of benzene rings is 6. The van der Waals surface area contributed by atoms with Crippen LogP contribution in [0.3, 0.4) is 0 Å². The first-order valence-corrected chi connectivity index (χ1v) is 45.0. The number of nitrogens with one attached hydrogen (secondary N) is 2. The number of imide groups is 2. The smallest absolute Gasteiger partial charge is 0.364 e. The van der Waals surface area contributed by atoms with E-state index in [4.69, 9.17) is 118 Å². The minimum Gasteiger partial charge on any atom is -0.383 e. The quantitative estimate of drug-likeness (QED) is 0.0138. The SMILES string of the molecule is CN1Cc2c(Cl)cc(Cl)cc2C(c2cccc(CCCOCCOCCOCCCC(=O)C(O)C(O)C(=O)NCCOCCOCCOCCNc3cccc(C4CN(C)Cc5c(Cl)cc(Cl)cc54)c3)c2)C1.CN1Cc2c(Cl)cc(Cl)cc2C(c2cccc(CCCOCCOCCOCCN)c2)C1.O=C(ON1C(=O)CCC1=O)C(O)C(O)C(=O)ON1C(=O)CCC1=O. The van der Waals surface area contributed by atoms with E-state index in [1.807, 2.05) is 36.4 Å². The summed E-state index contributed by atoms with van der Waals surface area (Å²) in [6.45, 7) is 14.7. The lowest BCUT2D eigenvalue weighted by atomic mass is 9.84. The highest BCUT2D eigenvalue weighted by Gasteiger charge is 2.42. The molecule has 7 atom stereocenters. The number of nitrogens with two attached hydrogens (primary N) is 1. The molecule has 128 heavy (non-hydrogen) atoms. The topological polar surface area (TPSA) is 385 Å². The molecule has 11 rings (SSSR count). The fraction of sp³-hybridized carbons (Fsp3) is 0.516. The fourth-order valence-electron chi connectivity index (χ4n) is 14.9. The molecule has 0 radical (unpaired) electrons. The number of likely N-dealkylation sites (N-methyl/N-ethyl adjacent to an activating group) is 3. The van der Waals surface area contributed by atoms with Gasteiger partial charge in [0.1, 0.15) is 6.10 Å². The highest BCUT2D eigenvalue weighted by atomic mass is 35.5. The Balaban J connectivity index is 0.000000268. The minimum atomic E-state index is -2.51. The molecular formula is C91H116Cl6N8O23. The number of rotatable bonds is 50. The Morgan fingerprint density at radius 1 is 0.406 bits per heavy atom. The summed E-state index contributed by atoms with van der Waals surface area (Å²) in [5.74, 6) is -7.52. The van der Waals surface area contributed by atoms with Crippen LogP contribution in [0.25, 0.3) is 0 Å². The van der Waals surface area contributed by atoms with E-state index in [2.05, 4.69) is 129 Å². The van der Waals surface area contributed by atoms with Crippen LogP contribution >= 0.6 is 69.6 Å². The van der Waals surface area contributed by atoms with Gasteiger partial charge < -0.3 is 104 Å². The molecule has 37 heteroatoms. The van der Waals surface area contributed by atoms with Crippen molar-refractivity contribution in [2.75, 3.05) is 185 Å². The molecule has 8 N–H and O–H groups in total. The normalized spacial score (nSPS) is 17.3. The first-order chi connectivity index (χ1) is 61.7. The van der Waals surface area contributed by atoms with Crippen LogP contribution in [-0.4, -0.2) is 296 Å². The molecule has 31 nitrogen and oxygen atoms in total. The van der Waals surface area contributed by atoms with E-state index in [0.717, 1.165) is 93.4 Å². The largest absolute Gasteiger partial charge is 0.383 e. The molecule has 0 aromatic heterocycles. The number of aliphatic hydroxyl groups excluding tert-OH is 4. The lowest BCUT2D eigenvalue weighted by Crippen LogP contribution is -2.47. The van der Waals surface area contributed by atoms with Gasteiger partial charge in [-0.15, -0.1) is 10.1 Å². The van der Waals surface area contributed by atoms with Crippen molar-refractivity contribution in [3.05, 3.63) is 201 Å². The van der Waals surface area contributed by atoms with E-state index in [9.17, 15) is 58.8 Å². The van der Waals surface area contributed by atoms with Crippen molar-refractivity contribution < 1.29 is 111 Å². The molecule has 0 spiro atoms. The summed E-state index contributed by atoms with van der Waals surface area (Å²) in [5, 5.41) is 49.8. The molecule has 0 bridgehead atoms. The standard InChI is InChI=1S/C54H70Cl4N4O10.C25H34Cl2N2O3.C12H12N2O10/c1-61-33-45(43-29-40(55)31-49(57)47(43)35-61)38-9-3-7-37(27-38)8-5-15-67-19-23-71-24-20-68-16-6-12-51(63)52(64)53(65)54(66)60-14-18-70-22-26-72-25-21-69-17-13-59-42-11-4-10-39(28-42)46-34-62(2)36-48-44(46)30-41(56)32-50(48)58;1-29-17-23(22-15-21(26)16-25(27)24(22)18-29)20-6-2-4-19(14-20)5-3-8-30-10-12-32-13-11-31-9-7-28;15-5-1-2-6(16)13(5)23-11(21)9(19)10(20)12(22)24-14-7(17)3-4-8(14)18/h3-4,7,9-11,27-32,45-46,52-53,59,64-65H,5-6,8,12-26,33-36H2,1-2H3,(H,60,66);2,4,6,14-16,23H,3,5,7-13,17-18,28H2,1H3;9-10,19-20H,1-4H2. The predicted octanol–water partition coefficient (Wildman–Crippen LogP) is 9.22. The number of hydroxylamine groups is 4. The van der Waals surface area contributed by atoms with Gasteiger partial charge >= 0.3 is 11.9 Å². The van der Waals surface area contributed by atoms with Gasteiger partial charge in [0, 0.05) is 164 Å². The van der Waals surface area contributed by atoms with E-state index in [-0.39, 0.29) is 79.7 Å². The van der Waals surface area contributed by atoms with E-state index in [1.165, 1.54) is 50.1 Å². The van der Waals surface area contributed by atoms with Crippen LogP contribution in [0.4, 0.5) is 5.69 Å². The number of ether oxygens (including phenoxy) is 9. The van der Waals surface area contributed by atoms with Crippen molar-refractivity contribution >= 4 is 123 Å². The number of nitrogens with zero attached hydrogens (tertiary/aromatic N) is 5. The first-order valence-electron chi connectivity index (χ1n) is 42.8. The molecule has 2 saturated heterocycles. The number of amides is 5. The molecule has 5 heterocycles. The average molecular weight is 1900 g/mol. The summed E-state index contributed by atoms with van der Waals surface area (Å²) in [4.78, 5) is 108. The number of aryl methyl sites for hydroxylation is 2. The maximum atomic E-state index is 12.4. The third-order valence-corrected chi connectivity index (χ3v) is 23.0. The van der Waals surface area contributed by atoms with Crippen LogP contribution in [0.2, 0.25) is 30.1 Å². The molecule has 6 aromatic rings. The van der Waals surface area contributed by atoms with Crippen LogP contribution < -0.4 is 16.4 Å². The van der Waals surface area contributed by atoms with Crippen LogP contribution in [0, 0.1) is 0 Å². The average Bonchev–Trinajstić information content (AvgIpc) is 1.03. The Labute approximate surface area is 775 Å². The molecule has 5 amide bonds. The maximum Gasteiger partial charge on any atom is 0.364 e. The van der Waals surface area contributed by atoms with Crippen molar-refractivity contribution in [2.45, 2.75) is 126 Å². The third kappa shape index (κ3) is 33.4. The van der Waals surface area contributed by atoms with Crippen molar-refractivity contribution in [2.24, 2.45) is 5.73 Å². The highest BCUT2D eigenvalue weighted by Crippen LogP contribution is 2.42. The van der Waals surface area contributed by atoms with E-state index in [0.29, 0.717) is 144 Å². The first kappa shape index (κ1) is 104. The summed E-state index contributed by atoms with van der Waals surface area (Å²) in [6.07, 6.45) is -5.50. The van der Waals surface area contributed by atoms with Gasteiger partial charge in [-0.25, -0.2) is 9.59 Å². The van der Waals surface area contributed by atoms with Crippen molar-refractivity contribution in [3.63, 3.8) is 0 Å². The second-order valence-electron chi connectivity index (χ2n) is 31.3.